The Morgan fingerprint density at radius 2 is 1.83 bits per heavy atom. The van der Waals surface area contributed by atoms with Gasteiger partial charge in [-0.2, -0.15) is 0 Å². The molecule has 5 atom stereocenters. The number of ether oxygens (including phenoxy) is 1. The summed E-state index contributed by atoms with van der Waals surface area (Å²) < 4.78 is 5.00. The quantitative estimate of drug-likeness (QED) is 0.178. The summed E-state index contributed by atoms with van der Waals surface area (Å²) in [6.07, 6.45) is -1.58. The molecule has 0 aromatic heterocycles. The van der Waals surface area contributed by atoms with Crippen molar-refractivity contribution in [3.63, 3.8) is 0 Å². The normalized spacial score (nSPS) is 26.4. The number of aliphatic hydroxyl groups excluding tert-OH is 1. The molecule has 0 aliphatic carbocycles. The first-order chi connectivity index (χ1) is 16.5. The Hall–Kier alpha value is -4.16. The molecule has 0 spiro atoms. The molecule has 0 radical (unpaired) electrons. The fraction of sp³-hybridized carbons (Fsp3) is 0.304. The Morgan fingerprint density at radius 3 is 2.37 bits per heavy atom. The molecule has 3 N–H and O–H groups in total. The minimum Gasteiger partial charge on any atom is -0.480 e. The van der Waals surface area contributed by atoms with Gasteiger partial charge < -0.3 is 14.9 Å². The first kappa shape index (κ1) is 24.0. The van der Waals surface area contributed by atoms with E-state index in [1.165, 1.54) is 56.3 Å². The summed E-state index contributed by atoms with van der Waals surface area (Å²) in [5, 5.41) is 34.7. The third kappa shape index (κ3) is 3.72. The van der Waals surface area contributed by atoms with Gasteiger partial charge in [-0.1, -0.05) is 18.2 Å². The highest BCUT2D eigenvalue weighted by atomic mass is 16.6. The van der Waals surface area contributed by atoms with Crippen molar-refractivity contribution in [2.75, 3.05) is 4.90 Å². The van der Waals surface area contributed by atoms with Gasteiger partial charge >= 0.3 is 11.9 Å². The van der Waals surface area contributed by atoms with Crippen LogP contribution in [-0.2, 0) is 19.2 Å². The topological polar surface area (TPSA) is 176 Å². The largest absolute Gasteiger partial charge is 0.480 e. The van der Waals surface area contributed by atoms with E-state index in [1.54, 1.807) is 0 Å². The van der Waals surface area contributed by atoms with E-state index in [0.29, 0.717) is 5.56 Å². The number of non-ortho nitro benzene ring substituents is 1. The molecule has 2 aliphatic rings. The molecule has 5 unspecified atom stereocenters. The second-order valence-corrected chi connectivity index (χ2v) is 8.43. The Morgan fingerprint density at radius 1 is 1.17 bits per heavy atom. The number of imide groups is 1. The number of esters is 1. The van der Waals surface area contributed by atoms with E-state index in [0.717, 1.165) is 11.0 Å². The summed E-state index contributed by atoms with van der Waals surface area (Å²) in [5.41, 5.74) is -2.21. The Labute approximate surface area is 198 Å². The van der Waals surface area contributed by atoms with Crippen LogP contribution in [0.2, 0.25) is 0 Å². The van der Waals surface area contributed by atoms with E-state index in [2.05, 4.69) is 5.32 Å². The van der Waals surface area contributed by atoms with Gasteiger partial charge in [-0.15, -0.1) is 0 Å². The fourth-order valence-corrected chi connectivity index (χ4v) is 4.90. The zero-order valence-corrected chi connectivity index (χ0v) is 18.6. The van der Waals surface area contributed by atoms with Crippen molar-refractivity contribution in [3.05, 3.63) is 64.2 Å². The molecule has 2 fully saturated rings. The molecule has 12 heteroatoms. The predicted molar refractivity (Wildman–Crippen MR) is 118 cm³/mol. The van der Waals surface area contributed by atoms with Crippen LogP contribution in [-0.4, -0.2) is 50.5 Å². The molecular weight excluding hydrogens is 462 g/mol. The average molecular weight is 483 g/mol. The molecule has 0 saturated carbocycles. The van der Waals surface area contributed by atoms with Crippen molar-refractivity contribution >= 4 is 35.1 Å². The standard InChI is InChI=1S/C23H21N3O9/c1-11(27)23(22(31)32)18-17(19(24-23)13-6-8-16(9-7-13)35-12(2)28)20(29)25(21(18)30)14-4-3-5-15(10-14)26(33)34/h3-11,17-19,24,27H,1-2H3,(H,31,32). The maximum Gasteiger partial charge on any atom is 0.327 e. The minimum absolute atomic E-state index is 0.0718. The lowest BCUT2D eigenvalue weighted by atomic mass is 9.76. The number of benzene rings is 2. The van der Waals surface area contributed by atoms with Crippen molar-refractivity contribution in [1.29, 1.82) is 0 Å². The molecule has 0 bridgehead atoms. The van der Waals surface area contributed by atoms with Gasteiger partial charge in [-0.25, -0.2) is 4.90 Å². The number of carbonyl (C=O) groups is 4. The molecule has 2 aromatic carbocycles. The van der Waals surface area contributed by atoms with Crippen LogP contribution in [0.15, 0.2) is 48.5 Å². The molecule has 2 amide bonds. The number of rotatable bonds is 6. The second kappa shape index (κ2) is 8.56. The number of fused-ring (bicyclic) bond motifs is 1. The van der Waals surface area contributed by atoms with Gasteiger partial charge in [-0.05, 0) is 30.7 Å². The fourth-order valence-electron chi connectivity index (χ4n) is 4.90. The van der Waals surface area contributed by atoms with Crippen LogP contribution in [0.3, 0.4) is 0 Å². The van der Waals surface area contributed by atoms with Gasteiger partial charge in [0.15, 0.2) is 5.54 Å². The van der Waals surface area contributed by atoms with Crippen LogP contribution in [0.4, 0.5) is 11.4 Å². The van der Waals surface area contributed by atoms with Gasteiger partial charge in [0.25, 0.3) is 5.69 Å². The Kier molecular flexibility index (Phi) is 5.87. The molecule has 2 heterocycles. The second-order valence-electron chi connectivity index (χ2n) is 8.43. The number of aliphatic carboxylic acids is 1. The van der Waals surface area contributed by atoms with Crippen molar-refractivity contribution in [1.82, 2.24) is 5.32 Å². The Bertz CT molecular complexity index is 1240. The number of nitrogens with zero attached hydrogens (tertiary/aromatic N) is 2. The number of hydrogen-bond donors (Lipinski definition) is 3. The number of anilines is 1. The number of carboxylic acid groups (broad SMARTS) is 1. The molecule has 12 nitrogen and oxygen atoms in total. The molecule has 2 aliphatic heterocycles. The number of carboxylic acids is 1. The molecule has 2 saturated heterocycles. The molecule has 2 aromatic rings. The third-order valence-corrected chi connectivity index (χ3v) is 6.41. The van der Waals surface area contributed by atoms with Crippen LogP contribution >= 0.6 is 0 Å². The number of amides is 2. The van der Waals surface area contributed by atoms with Crippen molar-refractivity contribution < 1.29 is 39.1 Å². The summed E-state index contributed by atoms with van der Waals surface area (Å²) in [6.45, 7) is 2.43. The van der Waals surface area contributed by atoms with E-state index in [4.69, 9.17) is 4.74 Å². The van der Waals surface area contributed by atoms with E-state index in [-0.39, 0.29) is 17.1 Å². The summed E-state index contributed by atoms with van der Waals surface area (Å²) in [4.78, 5) is 62.0. The van der Waals surface area contributed by atoms with Crippen molar-refractivity contribution in [3.8, 4) is 5.75 Å². The molecular formula is C23H21N3O9. The Balaban J connectivity index is 1.82. The van der Waals surface area contributed by atoms with Crippen LogP contribution in [0.25, 0.3) is 0 Å². The number of nitro benzene ring substituents is 1. The van der Waals surface area contributed by atoms with Gasteiger partial charge in [0.05, 0.1) is 28.6 Å². The predicted octanol–water partition coefficient (Wildman–Crippen LogP) is 1.17. The first-order valence-electron chi connectivity index (χ1n) is 10.6. The van der Waals surface area contributed by atoms with Gasteiger partial charge in [-0.3, -0.25) is 34.6 Å². The summed E-state index contributed by atoms with van der Waals surface area (Å²) >= 11 is 0. The maximum absolute atomic E-state index is 13.6. The lowest BCUT2D eigenvalue weighted by Crippen LogP contribution is -2.62. The molecule has 35 heavy (non-hydrogen) atoms. The average Bonchev–Trinajstić information content (AvgIpc) is 3.29. The molecule has 182 valence electrons. The number of hydrogen-bond acceptors (Lipinski definition) is 9. The van der Waals surface area contributed by atoms with Gasteiger partial charge in [0, 0.05) is 25.1 Å². The number of nitro groups is 1. The van der Waals surface area contributed by atoms with Gasteiger partial charge in [0.1, 0.15) is 5.75 Å². The highest BCUT2D eigenvalue weighted by Gasteiger charge is 2.70. The maximum atomic E-state index is 13.6. The van der Waals surface area contributed by atoms with E-state index < -0.39 is 58.2 Å². The SMILES string of the molecule is CC(=O)Oc1ccc(C2NC(C(=O)O)(C(C)O)C3C(=O)N(c4cccc([N+](=O)[O-])c4)C(=O)C23)cc1. The zero-order valence-electron chi connectivity index (χ0n) is 18.6. The van der Waals surface area contributed by atoms with Crippen molar-refractivity contribution in [2.24, 2.45) is 11.8 Å². The van der Waals surface area contributed by atoms with Crippen LogP contribution < -0.4 is 15.0 Å². The lowest BCUT2D eigenvalue weighted by Gasteiger charge is -2.33. The number of nitrogens with one attached hydrogen (secondary N) is 1. The summed E-state index contributed by atoms with van der Waals surface area (Å²) in [5.74, 6) is -6.22. The van der Waals surface area contributed by atoms with Crippen molar-refractivity contribution in [2.45, 2.75) is 31.5 Å². The number of carbonyl (C=O) groups excluding carboxylic acids is 3. The van der Waals surface area contributed by atoms with Crippen LogP contribution in [0.5, 0.6) is 5.75 Å². The molecule has 4 rings (SSSR count). The van der Waals surface area contributed by atoms with Crippen LogP contribution in [0, 0.1) is 22.0 Å². The van der Waals surface area contributed by atoms with E-state index >= 15 is 0 Å². The zero-order chi connectivity index (χ0) is 25.7. The minimum atomic E-state index is -2.20. The smallest absolute Gasteiger partial charge is 0.327 e. The third-order valence-electron chi connectivity index (χ3n) is 6.41. The summed E-state index contributed by atoms with van der Waals surface area (Å²) in [7, 11) is 0. The van der Waals surface area contributed by atoms with Gasteiger partial charge in [0.2, 0.25) is 11.8 Å². The summed E-state index contributed by atoms with van der Waals surface area (Å²) in [6, 6.07) is 9.83. The highest BCUT2D eigenvalue weighted by Crippen LogP contribution is 2.51. The number of aliphatic hydroxyl groups is 1. The highest BCUT2D eigenvalue weighted by molar-refractivity contribution is 6.24. The monoisotopic (exact) mass is 483 g/mol. The van der Waals surface area contributed by atoms with E-state index in [9.17, 15) is 39.5 Å². The van der Waals surface area contributed by atoms with E-state index in [1.807, 2.05) is 0 Å². The van der Waals surface area contributed by atoms with Crippen LogP contribution in [0.1, 0.15) is 25.5 Å². The lowest BCUT2D eigenvalue weighted by molar-refractivity contribution is -0.384. The first-order valence-corrected chi connectivity index (χ1v) is 10.6.